The summed E-state index contributed by atoms with van der Waals surface area (Å²) < 4.78 is 1.69. The average molecular weight is 282 g/mol. The van der Waals surface area contributed by atoms with Crippen molar-refractivity contribution in [2.45, 2.75) is 0 Å². The highest BCUT2D eigenvalue weighted by atomic mass is 16.5. The van der Waals surface area contributed by atoms with E-state index in [0.29, 0.717) is 16.8 Å². The summed E-state index contributed by atoms with van der Waals surface area (Å²) >= 11 is 0. The van der Waals surface area contributed by atoms with Crippen LogP contribution in [0.4, 0.5) is 11.5 Å². The van der Waals surface area contributed by atoms with Gasteiger partial charge in [-0.1, -0.05) is 30.3 Å². The minimum Gasteiger partial charge on any atom is -0.384 e. The number of nitrogens with two attached hydrogens (primary N) is 2. The van der Waals surface area contributed by atoms with Gasteiger partial charge in [0.05, 0.1) is 22.5 Å². The first-order chi connectivity index (χ1) is 10.1. The number of para-hydroxylation sites is 3. The second-order valence-electron chi connectivity index (χ2n) is 4.61. The molecule has 1 amide bonds. The van der Waals surface area contributed by atoms with Crippen molar-refractivity contribution in [2.24, 2.45) is 5.73 Å². The van der Waals surface area contributed by atoms with Crippen molar-refractivity contribution in [3.63, 3.8) is 0 Å². The van der Waals surface area contributed by atoms with Crippen LogP contribution in [0.15, 0.2) is 48.5 Å². The van der Waals surface area contributed by atoms with Crippen molar-refractivity contribution in [3.8, 4) is 5.69 Å². The van der Waals surface area contributed by atoms with Gasteiger partial charge in [-0.05, 0) is 18.2 Å². The summed E-state index contributed by atoms with van der Waals surface area (Å²) in [7, 11) is 0. The molecule has 1 aromatic heterocycles. The van der Waals surface area contributed by atoms with E-state index in [1.54, 1.807) is 28.8 Å². The highest BCUT2D eigenvalue weighted by molar-refractivity contribution is 6.11. The summed E-state index contributed by atoms with van der Waals surface area (Å²) in [5.74, 6) is -0.344. The van der Waals surface area contributed by atoms with E-state index in [9.17, 15) is 10.0 Å². The van der Waals surface area contributed by atoms with Crippen LogP contribution in [0.5, 0.6) is 0 Å². The number of nitrogens with one attached hydrogen (secondary N) is 1. The molecule has 0 fully saturated rings. The van der Waals surface area contributed by atoms with Gasteiger partial charge < -0.3 is 11.5 Å². The van der Waals surface area contributed by atoms with E-state index in [1.807, 2.05) is 24.3 Å². The van der Waals surface area contributed by atoms with Crippen LogP contribution in [0.2, 0.25) is 0 Å². The topological polar surface area (TPSA) is 106 Å². The van der Waals surface area contributed by atoms with Gasteiger partial charge in [-0.15, -0.1) is 0 Å². The van der Waals surface area contributed by atoms with Crippen molar-refractivity contribution >= 4 is 28.3 Å². The number of nitrogen functional groups attached to an aromatic ring is 1. The molecule has 0 atom stereocenters. The van der Waals surface area contributed by atoms with Crippen LogP contribution >= 0.6 is 0 Å². The van der Waals surface area contributed by atoms with Gasteiger partial charge in [0.1, 0.15) is 5.82 Å². The maximum absolute atomic E-state index is 11.7. The molecular weight excluding hydrogens is 268 g/mol. The zero-order valence-corrected chi connectivity index (χ0v) is 11.1. The first kappa shape index (κ1) is 13.0. The molecule has 106 valence electrons. The summed E-state index contributed by atoms with van der Waals surface area (Å²) in [5.41, 5.74) is 15.8. The number of carbonyl (C=O) groups excluding carboxylic acids is 1. The standard InChI is InChI=1S/C15H14N4O2/c16-14-13(15(17)20)9-5-1-3-7-11(9)19(14)12-8-4-2-6-10(12)18-21/h1-8,18,21H,16H2,(H2,17,20). The molecule has 0 aliphatic carbocycles. The first-order valence-corrected chi connectivity index (χ1v) is 6.33. The van der Waals surface area contributed by atoms with E-state index < -0.39 is 5.91 Å². The molecule has 3 aromatic rings. The Kier molecular flexibility index (Phi) is 3.00. The smallest absolute Gasteiger partial charge is 0.253 e. The van der Waals surface area contributed by atoms with Gasteiger partial charge in [0.2, 0.25) is 0 Å². The predicted octanol–water partition coefficient (Wildman–Crippen LogP) is 2.11. The summed E-state index contributed by atoms with van der Waals surface area (Å²) in [6, 6.07) is 14.4. The van der Waals surface area contributed by atoms with Crippen LogP contribution < -0.4 is 16.9 Å². The van der Waals surface area contributed by atoms with Crippen LogP contribution in [-0.4, -0.2) is 15.7 Å². The third-order valence-electron chi connectivity index (χ3n) is 3.42. The number of fused-ring (bicyclic) bond motifs is 1. The summed E-state index contributed by atoms with van der Waals surface area (Å²) in [5, 5.41) is 9.94. The molecule has 0 aliphatic rings. The van der Waals surface area contributed by atoms with Gasteiger partial charge in [0.15, 0.2) is 0 Å². The van der Waals surface area contributed by atoms with E-state index in [2.05, 4.69) is 5.48 Å². The molecule has 0 bridgehead atoms. The van der Waals surface area contributed by atoms with E-state index in [4.69, 9.17) is 11.5 Å². The highest BCUT2D eigenvalue weighted by Crippen LogP contribution is 2.33. The Labute approximate surface area is 120 Å². The van der Waals surface area contributed by atoms with Crippen molar-refractivity contribution in [1.82, 2.24) is 4.57 Å². The molecule has 3 rings (SSSR count). The Morgan fingerprint density at radius 1 is 1.10 bits per heavy atom. The Balaban J connectivity index is 2.43. The maximum Gasteiger partial charge on any atom is 0.253 e. The first-order valence-electron chi connectivity index (χ1n) is 6.33. The second-order valence-corrected chi connectivity index (χ2v) is 4.61. The van der Waals surface area contributed by atoms with Gasteiger partial charge in [0.25, 0.3) is 5.91 Å². The third-order valence-corrected chi connectivity index (χ3v) is 3.42. The normalized spacial score (nSPS) is 10.7. The minimum atomic E-state index is -0.586. The Hall–Kier alpha value is -2.99. The number of nitrogens with zero attached hydrogens (tertiary/aromatic N) is 1. The third kappa shape index (κ3) is 1.89. The molecule has 6 nitrogen and oxygen atoms in total. The molecule has 0 saturated heterocycles. The number of hydrogen-bond acceptors (Lipinski definition) is 4. The largest absolute Gasteiger partial charge is 0.384 e. The Morgan fingerprint density at radius 2 is 1.76 bits per heavy atom. The summed E-state index contributed by atoms with van der Waals surface area (Å²) in [4.78, 5) is 11.7. The van der Waals surface area contributed by atoms with Crippen LogP contribution in [0.25, 0.3) is 16.6 Å². The van der Waals surface area contributed by atoms with E-state index >= 15 is 0 Å². The fourth-order valence-electron chi connectivity index (χ4n) is 2.54. The van der Waals surface area contributed by atoms with Crippen LogP contribution in [0.3, 0.4) is 0 Å². The molecular formula is C15H14N4O2. The SMILES string of the molecule is NC(=O)c1c(N)n(-c2ccccc2NO)c2ccccc12. The maximum atomic E-state index is 11.7. The van der Waals surface area contributed by atoms with Crippen molar-refractivity contribution < 1.29 is 10.0 Å². The zero-order valence-electron chi connectivity index (χ0n) is 11.1. The predicted molar refractivity (Wildman–Crippen MR) is 81.6 cm³/mol. The monoisotopic (exact) mass is 282 g/mol. The summed E-state index contributed by atoms with van der Waals surface area (Å²) in [6.45, 7) is 0. The number of amides is 1. The lowest BCUT2D eigenvalue weighted by molar-refractivity contribution is 0.100. The average Bonchev–Trinajstić information content (AvgIpc) is 2.79. The van der Waals surface area contributed by atoms with E-state index in [1.165, 1.54) is 0 Å². The van der Waals surface area contributed by atoms with Crippen LogP contribution in [0.1, 0.15) is 10.4 Å². The number of benzene rings is 2. The number of carbonyl (C=O) groups is 1. The molecule has 6 heteroatoms. The summed E-state index contributed by atoms with van der Waals surface area (Å²) in [6.07, 6.45) is 0. The number of primary amides is 1. The van der Waals surface area contributed by atoms with Crippen molar-refractivity contribution in [2.75, 3.05) is 11.2 Å². The molecule has 0 unspecified atom stereocenters. The lowest BCUT2D eigenvalue weighted by Gasteiger charge is -2.12. The number of rotatable bonds is 3. The number of aromatic nitrogens is 1. The molecule has 21 heavy (non-hydrogen) atoms. The zero-order chi connectivity index (χ0) is 15.0. The van der Waals surface area contributed by atoms with E-state index in [0.717, 1.165) is 5.52 Å². The quantitative estimate of drug-likeness (QED) is 0.552. The second kappa shape index (κ2) is 4.84. The fourth-order valence-corrected chi connectivity index (χ4v) is 2.54. The molecule has 0 aliphatic heterocycles. The number of anilines is 2. The van der Waals surface area contributed by atoms with E-state index in [-0.39, 0.29) is 11.4 Å². The fraction of sp³-hybridized carbons (Fsp3) is 0. The molecule has 0 saturated carbocycles. The molecule has 2 aromatic carbocycles. The lowest BCUT2D eigenvalue weighted by atomic mass is 10.1. The van der Waals surface area contributed by atoms with Crippen LogP contribution in [-0.2, 0) is 0 Å². The molecule has 6 N–H and O–H groups in total. The molecule has 0 radical (unpaired) electrons. The van der Waals surface area contributed by atoms with Gasteiger partial charge >= 0.3 is 0 Å². The Morgan fingerprint density at radius 3 is 2.48 bits per heavy atom. The highest BCUT2D eigenvalue weighted by Gasteiger charge is 2.20. The van der Waals surface area contributed by atoms with Gasteiger partial charge in [-0.3, -0.25) is 20.0 Å². The van der Waals surface area contributed by atoms with Gasteiger partial charge in [-0.25, -0.2) is 0 Å². The van der Waals surface area contributed by atoms with Crippen molar-refractivity contribution in [1.29, 1.82) is 0 Å². The van der Waals surface area contributed by atoms with Gasteiger partial charge in [-0.2, -0.15) is 0 Å². The molecule has 1 heterocycles. The van der Waals surface area contributed by atoms with Crippen molar-refractivity contribution in [3.05, 3.63) is 54.1 Å². The minimum absolute atomic E-state index is 0.242. The molecule has 0 spiro atoms. The van der Waals surface area contributed by atoms with Gasteiger partial charge in [0, 0.05) is 5.39 Å². The Bertz CT molecular complexity index is 839. The lowest BCUT2D eigenvalue weighted by Crippen LogP contribution is -2.13. The van der Waals surface area contributed by atoms with Crippen LogP contribution in [0, 0.1) is 0 Å². The number of hydrogen-bond donors (Lipinski definition) is 4.